The zero-order valence-corrected chi connectivity index (χ0v) is 19.0. The first-order valence-corrected chi connectivity index (χ1v) is 11.2. The van der Waals surface area contributed by atoms with Crippen LogP contribution in [0.5, 0.6) is 5.75 Å². The van der Waals surface area contributed by atoms with Gasteiger partial charge in [0.1, 0.15) is 5.75 Å². The summed E-state index contributed by atoms with van der Waals surface area (Å²) in [6.45, 7) is 7.28. The molecule has 6 heteroatoms. The fourth-order valence-corrected chi connectivity index (χ4v) is 3.64. The third-order valence-corrected chi connectivity index (χ3v) is 5.16. The van der Waals surface area contributed by atoms with Gasteiger partial charge in [0.25, 0.3) is 0 Å². The average molecular weight is 423 g/mol. The first kappa shape index (κ1) is 24.6. The maximum Gasteiger partial charge on any atom is 0.338 e. The van der Waals surface area contributed by atoms with Crippen molar-refractivity contribution in [1.29, 1.82) is 0 Å². The second kappa shape index (κ2) is 12.9. The van der Waals surface area contributed by atoms with Crippen LogP contribution in [0.4, 0.5) is 0 Å². The zero-order valence-electron chi connectivity index (χ0n) is 19.0. The highest BCUT2D eigenvalue weighted by Crippen LogP contribution is 2.31. The number of benzene rings is 1. The molecule has 0 unspecified atom stereocenters. The van der Waals surface area contributed by atoms with Crippen LogP contribution >= 0.6 is 0 Å². The Balaban J connectivity index is 1.49. The van der Waals surface area contributed by atoms with Gasteiger partial charge >= 0.3 is 5.97 Å². The number of hydrogen-bond donors (Lipinski definition) is 0. The molecule has 0 radical (unpaired) electrons. The first-order valence-electron chi connectivity index (χ1n) is 11.2. The Labute approximate surface area is 181 Å². The molecule has 0 aliphatic carbocycles. The van der Waals surface area contributed by atoms with E-state index < -0.39 is 11.9 Å². The highest BCUT2D eigenvalue weighted by atomic mass is 16.8. The molecule has 0 aromatic heterocycles. The van der Waals surface area contributed by atoms with Crippen LogP contribution in [0.25, 0.3) is 0 Å². The molecule has 0 spiro atoms. The maximum absolute atomic E-state index is 12.1. The fourth-order valence-electron chi connectivity index (χ4n) is 3.64. The van der Waals surface area contributed by atoms with Crippen molar-refractivity contribution in [3.63, 3.8) is 0 Å². The Bertz CT molecular complexity index is 613. The standard InChI is InChI=1S/C24H38O6/c1-5-28-23(25)22-21(29-24(2,3)30-22)12-10-8-6-7-9-11-17-27-18-19-13-15-20(26-4)16-14-19/h13-16,21-22H,5-12,17-18H2,1-4H3/t21-,22+/m0/s1. The molecule has 2 atom stereocenters. The molecular weight excluding hydrogens is 384 g/mol. The molecule has 1 heterocycles. The summed E-state index contributed by atoms with van der Waals surface area (Å²) in [4.78, 5) is 12.1. The molecule has 0 saturated carbocycles. The lowest BCUT2D eigenvalue weighted by atomic mass is 10.0. The van der Waals surface area contributed by atoms with Gasteiger partial charge in [-0.15, -0.1) is 0 Å². The molecule has 0 N–H and O–H groups in total. The summed E-state index contributed by atoms with van der Waals surface area (Å²) in [5, 5.41) is 0. The van der Waals surface area contributed by atoms with Gasteiger partial charge in [-0.05, 0) is 51.3 Å². The van der Waals surface area contributed by atoms with Gasteiger partial charge in [0.05, 0.1) is 26.4 Å². The summed E-state index contributed by atoms with van der Waals surface area (Å²) in [6, 6.07) is 7.98. The quantitative estimate of drug-likeness (QED) is 0.310. The Morgan fingerprint density at radius 1 is 1.00 bits per heavy atom. The Hall–Kier alpha value is -1.63. The number of esters is 1. The predicted octanol–water partition coefficient (Wildman–Crippen LogP) is 5.03. The Morgan fingerprint density at radius 3 is 2.33 bits per heavy atom. The van der Waals surface area contributed by atoms with Crippen LogP contribution in [-0.4, -0.2) is 44.3 Å². The molecule has 1 saturated heterocycles. The Kier molecular flexibility index (Phi) is 10.6. The minimum absolute atomic E-state index is 0.217. The number of carbonyl (C=O) groups is 1. The largest absolute Gasteiger partial charge is 0.497 e. The minimum Gasteiger partial charge on any atom is -0.497 e. The van der Waals surface area contributed by atoms with Gasteiger partial charge in [-0.1, -0.05) is 44.2 Å². The van der Waals surface area contributed by atoms with Crippen LogP contribution in [0.15, 0.2) is 24.3 Å². The van der Waals surface area contributed by atoms with Crippen LogP contribution < -0.4 is 4.74 Å². The van der Waals surface area contributed by atoms with Gasteiger partial charge < -0.3 is 23.7 Å². The van der Waals surface area contributed by atoms with Gasteiger partial charge in [0.2, 0.25) is 0 Å². The third-order valence-electron chi connectivity index (χ3n) is 5.16. The van der Waals surface area contributed by atoms with E-state index in [1.54, 1.807) is 14.0 Å². The van der Waals surface area contributed by atoms with Crippen LogP contribution in [0.3, 0.4) is 0 Å². The normalized spacial score (nSPS) is 20.3. The van der Waals surface area contributed by atoms with Gasteiger partial charge in [-0.3, -0.25) is 0 Å². The maximum atomic E-state index is 12.1. The van der Waals surface area contributed by atoms with E-state index in [2.05, 4.69) is 0 Å². The molecule has 170 valence electrons. The number of unbranched alkanes of at least 4 members (excludes halogenated alkanes) is 5. The van der Waals surface area contributed by atoms with Crippen molar-refractivity contribution >= 4 is 5.97 Å². The molecule has 2 rings (SSSR count). The molecule has 30 heavy (non-hydrogen) atoms. The molecule has 1 aliphatic rings. The summed E-state index contributed by atoms with van der Waals surface area (Å²) < 4.78 is 27.7. The molecule has 0 amide bonds. The smallest absolute Gasteiger partial charge is 0.338 e. The second-order valence-electron chi connectivity index (χ2n) is 8.16. The summed E-state index contributed by atoms with van der Waals surface area (Å²) in [5.74, 6) is -0.179. The van der Waals surface area contributed by atoms with E-state index in [4.69, 9.17) is 23.7 Å². The average Bonchev–Trinajstić information content (AvgIpc) is 3.04. The van der Waals surface area contributed by atoms with Crippen molar-refractivity contribution in [1.82, 2.24) is 0 Å². The molecule has 1 aromatic rings. The fraction of sp³-hybridized carbons (Fsp3) is 0.708. The van der Waals surface area contributed by atoms with Gasteiger partial charge in [-0.25, -0.2) is 4.79 Å². The second-order valence-corrected chi connectivity index (χ2v) is 8.16. The number of carbonyl (C=O) groups excluding carboxylic acids is 1. The minimum atomic E-state index is -0.728. The number of methoxy groups -OCH3 is 1. The van der Waals surface area contributed by atoms with Gasteiger partial charge in [0.15, 0.2) is 11.9 Å². The molecular formula is C24H38O6. The SMILES string of the molecule is CCOC(=O)[C@@H]1OC(C)(C)O[C@H]1CCCCCCCCOCc1ccc(OC)cc1. The lowest BCUT2D eigenvalue weighted by Gasteiger charge is -2.16. The summed E-state index contributed by atoms with van der Waals surface area (Å²) >= 11 is 0. The molecule has 1 aliphatic heterocycles. The summed E-state index contributed by atoms with van der Waals surface area (Å²) in [7, 11) is 1.67. The van der Waals surface area contributed by atoms with Crippen LogP contribution in [0.1, 0.15) is 71.3 Å². The zero-order chi connectivity index (χ0) is 21.8. The highest BCUT2D eigenvalue weighted by Gasteiger charge is 2.45. The topological polar surface area (TPSA) is 63.2 Å². The highest BCUT2D eigenvalue weighted by molar-refractivity contribution is 5.75. The van der Waals surface area contributed by atoms with E-state index in [1.807, 2.05) is 38.1 Å². The van der Waals surface area contributed by atoms with Crippen molar-refractivity contribution in [2.24, 2.45) is 0 Å². The number of ether oxygens (including phenoxy) is 5. The van der Waals surface area contributed by atoms with Crippen LogP contribution in [0.2, 0.25) is 0 Å². The van der Waals surface area contributed by atoms with Gasteiger partial charge in [0, 0.05) is 6.61 Å². The third kappa shape index (κ3) is 8.62. The van der Waals surface area contributed by atoms with E-state index in [-0.39, 0.29) is 12.1 Å². The van der Waals surface area contributed by atoms with Crippen molar-refractivity contribution in [3.8, 4) is 5.75 Å². The van der Waals surface area contributed by atoms with Crippen LogP contribution in [0, 0.1) is 0 Å². The molecule has 6 nitrogen and oxygen atoms in total. The number of rotatable bonds is 14. The molecule has 1 fully saturated rings. The van der Waals surface area contributed by atoms with E-state index in [0.717, 1.165) is 38.0 Å². The van der Waals surface area contributed by atoms with E-state index in [1.165, 1.54) is 24.8 Å². The first-order chi connectivity index (χ1) is 14.4. The molecule has 1 aromatic carbocycles. The predicted molar refractivity (Wildman–Crippen MR) is 115 cm³/mol. The van der Waals surface area contributed by atoms with Crippen molar-refractivity contribution in [3.05, 3.63) is 29.8 Å². The Morgan fingerprint density at radius 2 is 1.67 bits per heavy atom. The van der Waals surface area contributed by atoms with Crippen molar-refractivity contribution < 1.29 is 28.5 Å². The van der Waals surface area contributed by atoms with Crippen molar-refractivity contribution in [2.75, 3.05) is 20.3 Å². The molecule has 0 bridgehead atoms. The van der Waals surface area contributed by atoms with Gasteiger partial charge in [-0.2, -0.15) is 0 Å². The van der Waals surface area contributed by atoms with E-state index >= 15 is 0 Å². The summed E-state index contributed by atoms with van der Waals surface area (Å²) in [5.41, 5.74) is 1.17. The van der Waals surface area contributed by atoms with Crippen LogP contribution in [-0.2, 0) is 30.3 Å². The summed E-state index contributed by atoms with van der Waals surface area (Å²) in [6.07, 6.45) is 6.77. The lowest BCUT2D eigenvalue weighted by Crippen LogP contribution is -2.33. The van der Waals surface area contributed by atoms with E-state index in [0.29, 0.717) is 13.2 Å². The van der Waals surface area contributed by atoms with E-state index in [9.17, 15) is 4.79 Å². The lowest BCUT2D eigenvalue weighted by molar-refractivity contribution is -0.170. The number of hydrogen-bond acceptors (Lipinski definition) is 6. The monoisotopic (exact) mass is 422 g/mol. The van der Waals surface area contributed by atoms with Crippen molar-refractivity contribution in [2.45, 2.75) is 90.3 Å².